The Hall–Kier alpha value is -1.26. The summed E-state index contributed by atoms with van der Waals surface area (Å²) >= 11 is 0. The number of hydrogen-bond donors (Lipinski definition) is 1. The number of urea groups is 1. The number of hydrogen-bond acceptors (Lipinski definition) is 2. The van der Waals surface area contributed by atoms with Crippen molar-refractivity contribution in [2.24, 2.45) is 11.3 Å². The zero-order valence-electron chi connectivity index (χ0n) is 13.3. The Morgan fingerprint density at radius 1 is 1.24 bits per heavy atom. The number of likely N-dealkylation sites (tertiary alicyclic amines) is 1. The van der Waals surface area contributed by atoms with Crippen LogP contribution in [-0.4, -0.2) is 53.1 Å². The summed E-state index contributed by atoms with van der Waals surface area (Å²) in [6, 6.07) is 0.110. The third-order valence-electron chi connectivity index (χ3n) is 5.06. The van der Waals surface area contributed by atoms with Crippen molar-refractivity contribution in [3.63, 3.8) is 0 Å². The molecule has 1 aliphatic carbocycles. The van der Waals surface area contributed by atoms with E-state index in [4.69, 9.17) is 0 Å². The minimum absolute atomic E-state index is 0.110. The molecule has 0 aromatic carbocycles. The summed E-state index contributed by atoms with van der Waals surface area (Å²) in [7, 11) is 0. The number of carbonyl (C=O) groups is 2. The SMILES string of the molecule is CCCN(CC1CC1)C(=O)N1CCC(CC)(C(=O)O)CC1. The Labute approximate surface area is 127 Å². The summed E-state index contributed by atoms with van der Waals surface area (Å²) in [4.78, 5) is 27.9. The van der Waals surface area contributed by atoms with E-state index in [1.165, 1.54) is 12.8 Å². The van der Waals surface area contributed by atoms with Crippen molar-refractivity contribution >= 4 is 12.0 Å². The molecule has 0 radical (unpaired) electrons. The molecule has 21 heavy (non-hydrogen) atoms. The van der Waals surface area contributed by atoms with Gasteiger partial charge in [0.2, 0.25) is 0 Å². The first-order valence-corrected chi connectivity index (χ1v) is 8.29. The van der Waals surface area contributed by atoms with Gasteiger partial charge in [0, 0.05) is 26.2 Å². The Morgan fingerprint density at radius 2 is 1.86 bits per heavy atom. The third kappa shape index (κ3) is 3.69. The number of nitrogens with zero attached hydrogens (tertiary/aromatic N) is 2. The molecular weight excluding hydrogens is 268 g/mol. The molecule has 1 N–H and O–H groups in total. The lowest BCUT2D eigenvalue weighted by atomic mass is 9.76. The van der Waals surface area contributed by atoms with Gasteiger partial charge in [0.25, 0.3) is 0 Å². The minimum Gasteiger partial charge on any atom is -0.481 e. The molecule has 0 atom stereocenters. The first kappa shape index (κ1) is 16.1. The van der Waals surface area contributed by atoms with Crippen molar-refractivity contribution in [2.45, 2.75) is 52.4 Å². The van der Waals surface area contributed by atoms with Crippen LogP contribution in [0.1, 0.15) is 52.4 Å². The lowest BCUT2D eigenvalue weighted by molar-refractivity contribution is -0.152. The van der Waals surface area contributed by atoms with Crippen molar-refractivity contribution < 1.29 is 14.7 Å². The molecule has 2 aliphatic rings. The highest BCUT2D eigenvalue weighted by molar-refractivity contribution is 5.77. The molecule has 2 rings (SSSR count). The third-order valence-corrected chi connectivity index (χ3v) is 5.06. The van der Waals surface area contributed by atoms with Crippen LogP contribution in [0, 0.1) is 11.3 Å². The van der Waals surface area contributed by atoms with E-state index < -0.39 is 11.4 Å². The van der Waals surface area contributed by atoms with E-state index in [9.17, 15) is 14.7 Å². The second-order valence-corrected chi connectivity index (χ2v) is 6.60. The summed E-state index contributed by atoms with van der Waals surface area (Å²) in [6.07, 6.45) is 5.25. The number of aliphatic carboxylic acids is 1. The van der Waals surface area contributed by atoms with Crippen molar-refractivity contribution in [3.8, 4) is 0 Å². The smallest absolute Gasteiger partial charge is 0.320 e. The van der Waals surface area contributed by atoms with Crippen LogP contribution in [0.2, 0.25) is 0 Å². The standard InChI is InChI=1S/C16H28N2O3/c1-3-9-18(12-13-5-6-13)15(21)17-10-7-16(4-2,8-11-17)14(19)20/h13H,3-12H2,1-2H3,(H,19,20). The van der Waals surface area contributed by atoms with Gasteiger partial charge in [0.1, 0.15) is 0 Å². The molecule has 0 aromatic heterocycles. The van der Waals surface area contributed by atoms with Crippen LogP contribution in [0.25, 0.3) is 0 Å². The lowest BCUT2D eigenvalue weighted by Crippen LogP contribution is -2.51. The maximum Gasteiger partial charge on any atom is 0.320 e. The van der Waals surface area contributed by atoms with Crippen LogP contribution >= 0.6 is 0 Å². The van der Waals surface area contributed by atoms with Gasteiger partial charge in [-0.1, -0.05) is 13.8 Å². The van der Waals surface area contributed by atoms with Gasteiger partial charge in [0.15, 0.2) is 0 Å². The van der Waals surface area contributed by atoms with E-state index in [1.807, 2.05) is 16.7 Å². The molecular formula is C16H28N2O3. The fraction of sp³-hybridized carbons (Fsp3) is 0.875. The first-order chi connectivity index (χ1) is 10.0. The van der Waals surface area contributed by atoms with Crippen LogP contribution in [0.3, 0.4) is 0 Å². The molecule has 0 bridgehead atoms. The monoisotopic (exact) mass is 296 g/mol. The average Bonchev–Trinajstić information content (AvgIpc) is 3.30. The Morgan fingerprint density at radius 3 is 2.29 bits per heavy atom. The molecule has 120 valence electrons. The van der Waals surface area contributed by atoms with Crippen molar-refractivity contribution in [1.82, 2.24) is 9.80 Å². The number of rotatable bonds is 6. The molecule has 1 aliphatic heterocycles. The predicted octanol–water partition coefficient (Wildman–Crippen LogP) is 2.81. The number of carbonyl (C=O) groups excluding carboxylic acids is 1. The summed E-state index contributed by atoms with van der Waals surface area (Å²) in [5, 5.41) is 9.42. The molecule has 1 saturated heterocycles. The summed E-state index contributed by atoms with van der Waals surface area (Å²) in [5.41, 5.74) is -0.622. The minimum atomic E-state index is -0.708. The summed E-state index contributed by atoms with van der Waals surface area (Å²) in [5.74, 6) is -0.0143. The number of amides is 2. The van der Waals surface area contributed by atoms with E-state index in [-0.39, 0.29) is 6.03 Å². The van der Waals surface area contributed by atoms with Crippen molar-refractivity contribution in [1.29, 1.82) is 0 Å². The van der Waals surface area contributed by atoms with Gasteiger partial charge < -0.3 is 14.9 Å². The second-order valence-electron chi connectivity index (χ2n) is 6.60. The Bertz CT molecular complexity index is 385. The number of carboxylic acids is 1. The highest BCUT2D eigenvalue weighted by atomic mass is 16.4. The molecule has 5 heteroatoms. The van der Waals surface area contributed by atoms with Gasteiger partial charge in [-0.2, -0.15) is 0 Å². The van der Waals surface area contributed by atoms with Gasteiger partial charge >= 0.3 is 12.0 Å². The summed E-state index contributed by atoms with van der Waals surface area (Å²) in [6.45, 7) is 6.86. The molecule has 0 spiro atoms. The van der Waals surface area contributed by atoms with Crippen LogP contribution in [0.4, 0.5) is 4.79 Å². The predicted molar refractivity (Wildman–Crippen MR) is 81.2 cm³/mol. The fourth-order valence-electron chi connectivity index (χ4n) is 3.19. The molecule has 1 saturated carbocycles. The average molecular weight is 296 g/mol. The fourth-order valence-corrected chi connectivity index (χ4v) is 3.19. The van der Waals surface area contributed by atoms with Gasteiger partial charge in [-0.3, -0.25) is 4.79 Å². The zero-order valence-corrected chi connectivity index (χ0v) is 13.3. The van der Waals surface area contributed by atoms with E-state index >= 15 is 0 Å². The topological polar surface area (TPSA) is 60.9 Å². The van der Waals surface area contributed by atoms with Gasteiger partial charge in [-0.15, -0.1) is 0 Å². The van der Waals surface area contributed by atoms with Crippen molar-refractivity contribution in [3.05, 3.63) is 0 Å². The van der Waals surface area contributed by atoms with Crippen LogP contribution in [-0.2, 0) is 4.79 Å². The first-order valence-electron chi connectivity index (χ1n) is 8.29. The van der Waals surface area contributed by atoms with Gasteiger partial charge in [-0.05, 0) is 44.4 Å². The Balaban J connectivity index is 1.92. The highest BCUT2D eigenvalue weighted by Gasteiger charge is 2.41. The normalized spacial score (nSPS) is 21.1. The van der Waals surface area contributed by atoms with E-state index in [2.05, 4.69) is 6.92 Å². The van der Waals surface area contributed by atoms with E-state index in [0.29, 0.717) is 38.3 Å². The molecule has 2 amide bonds. The molecule has 0 aromatic rings. The lowest BCUT2D eigenvalue weighted by Gasteiger charge is -2.40. The quantitative estimate of drug-likeness (QED) is 0.820. The molecule has 1 heterocycles. The second kappa shape index (κ2) is 6.67. The zero-order chi connectivity index (χ0) is 15.5. The van der Waals surface area contributed by atoms with Crippen LogP contribution in [0.5, 0.6) is 0 Å². The van der Waals surface area contributed by atoms with Crippen LogP contribution in [0.15, 0.2) is 0 Å². The maximum atomic E-state index is 12.6. The summed E-state index contributed by atoms with van der Waals surface area (Å²) < 4.78 is 0. The number of piperidine rings is 1. The van der Waals surface area contributed by atoms with Gasteiger partial charge in [-0.25, -0.2) is 4.79 Å². The Kier molecular flexibility index (Phi) is 5.12. The largest absolute Gasteiger partial charge is 0.481 e. The molecule has 0 unspecified atom stereocenters. The maximum absolute atomic E-state index is 12.6. The van der Waals surface area contributed by atoms with E-state index in [0.717, 1.165) is 19.5 Å². The highest BCUT2D eigenvalue weighted by Crippen LogP contribution is 2.36. The van der Waals surface area contributed by atoms with Crippen molar-refractivity contribution in [2.75, 3.05) is 26.2 Å². The van der Waals surface area contributed by atoms with Crippen LogP contribution < -0.4 is 0 Å². The molecule has 5 nitrogen and oxygen atoms in total. The molecule has 2 fully saturated rings. The van der Waals surface area contributed by atoms with E-state index in [1.54, 1.807) is 0 Å². The number of carboxylic acid groups (broad SMARTS) is 1. The van der Waals surface area contributed by atoms with Gasteiger partial charge in [0.05, 0.1) is 5.41 Å².